The lowest BCUT2D eigenvalue weighted by atomic mass is 10.1. The maximum atomic E-state index is 5.81. The minimum atomic E-state index is 0.0123. The maximum absolute atomic E-state index is 5.81. The second kappa shape index (κ2) is 5.14. The fraction of sp³-hybridized carbons (Fsp3) is 0.625. The van der Waals surface area contributed by atoms with Crippen molar-refractivity contribution in [1.82, 2.24) is 4.90 Å². The number of morpholine rings is 1. The number of ether oxygens (including phenoxy) is 1. The van der Waals surface area contributed by atoms with Crippen LogP contribution in [0.5, 0.6) is 0 Å². The predicted molar refractivity (Wildman–Crippen MR) is 78.7 cm³/mol. The highest BCUT2D eigenvalue weighted by Gasteiger charge is 2.34. The smallest absolute Gasteiger partial charge is 0.0753 e. The summed E-state index contributed by atoms with van der Waals surface area (Å²) >= 11 is 0. The molecule has 19 heavy (non-hydrogen) atoms. The van der Waals surface area contributed by atoms with Crippen LogP contribution in [0.2, 0.25) is 0 Å². The summed E-state index contributed by atoms with van der Waals surface area (Å²) in [5.74, 6) is 0. The molecule has 0 radical (unpaired) electrons. The fourth-order valence-corrected chi connectivity index (χ4v) is 3.28. The van der Waals surface area contributed by atoms with Gasteiger partial charge in [0.05, 0.1) is 12.2 Å². The van der Waals surface area contributed by atoms with Gasteiger partial charge in [0.25, 0.3) is 0 Å². The van der Waals surface area contributed by atoms with Gasteiger partial charge in [-0.25, -0.2) is 0 Å². The van der Waals surface area contributed by atoms with Crippen molar-refractivity contribution in [2.24, 2.45) is 0 Å². The Kier molecular flexibility index (Phi) is 3.50. The van der Waals surface area contributed by atoms with Gasteiger partial charge in [-0.2, -0.15) is 0 Å². The SMILES string of the molecule is CC1(C)CN([C@H]2CCN(c3ccccc3)C2)CCO1. The summed E-state index contributed by atoms with van der Waals surface area (Å²) in [4.78, 5) is 5.12. The largest absolute Gasteiger partial charge is 0.373 e. The van der Waals surface area contributed by atoms with Crippen molar-refractivity contribution in [2.75, 3.05) is 37.7 Å². The zero-order chi connectivity index (χ0) is 13.3. The zero-order valence-corrected chi connectivity index (χ0v) is 12.0. The van der Waals surface area contributed by atoms with Crippen LogP contribution in [0, 0.1) is 0 Å². The third-order valence-corrected chi connectivity index (χ3v) is 4.26. The predicted octanol–water partition coefficient (Wildman–Crippen LogP) is 2.38. The van der Waals surface area contributed by atoms with Gasteiger partial charge in [-0.3, -0.25) is 4.90 Å². The second-order valence-corrected chi connectivity index (χ2v) is 6.30. The standard InChI is InChI=1S/C16H24N2O/c1-16(2)13-18(10-11-19-16)15-8-9-17(12-15)14-6-4-3-5-7-14/h3-7,15H,8-13H2,1-2H3/t15-/m0/s1. The molecule has 0 N–H and O–H groups in total. The van der Waals surface area contributed by atoms with E-state index in [0.717, 1.165) is 26.2 Å². The van der Waals surface area contributed by atoms with Crippen molar-refractivity contribution in [2.45, 2.75) is 31.9 Å². The van der Waals surface area contributed by atoms with E-state index in [0.29, 0.717) is 6.04 Å². The molecular formula is C16H24N2O. The zero-order valence-electron chi connectivity index (χ0n) is 12.0. The third-order valence-electron chi connectivity index (χ3n) is 4.26. The molecular weight excluding hydrogens is 236 g/mol. The van der Waals surface area contributed by atoms with Gasteiger partial charge >= 0.3 is 0 Å². The molecule has 1 aromatic carbocycles. The minimum Gasteiger partial charge on any atom is -0.373 e. The summed E-state index contributed by atoms with van der Waals surface area (Å²) in [6, 6.07) is 11.4. The number of hydrogen-bond acceptors (Lipinski definition) is 3. The van der Waals surface area contributed by atoms with Gasteiger partial charge in [0, 0.05) is 37.9 Å². The van der Waals surface area contributed by atoms with Crippen LogP contribution >= 0.6 is 0 Å². The Morgan fingerprint density at radius 2 is 1.95 bits per heavy atom. The van der Waals surface area contributed by atoms with Gasteiger partial charge in [-0.05, 0) is 32.4 Å². The second-order valence-electron chi connectivity index (χ2n) is 6.30. The molecule has 0 bridgehead atoms. The molecule has 0 spiro atoms. The Morgan fingerprint density at radius 1 is 1.16 bits per heavy atom. The summed E-state index contributed by atoms with van der Waals surface area (Å²) in [5.41, 5.74) is 1.37. The van der Waals surface area contributed by atoms with E-state index in [2.05, 4.69) is 54.0 Å². The summed E-state index contributed by atoms with van der Waals surface area (Å²) in [6.07, 6.45) is 1.27. The van der Waals surface area contributed by atoms with E-state index < -0.39 is 0 Å². The molecule has 1 atom stereocenters. The Morgan fingerprint density at radius 3 is 2.68 bits per heavy atom. The molecule has 2 heterocycles. The topological polar surface area (TPSA) is 15.7 Å². The molecule has 3 heteroatoms. The molecule has 2 saturated heterocycles. The van der Waals surface area contributed by atoms with Gasteiger partial charge in [-0.15, -0.1) is 0 Å². The normalized spacial score (nSPS) is 27.7. The van der Waals surface area contributed by atoms with Crippen LogP contribution in [-0.4, -0.2) is 49.3 Å². The highest BCUT2D eigenvalue weighted by molar-refractivity contribution is 5.47. The minimum absolute atomic E-state index is 0.0123. The van der Waals surface area contributed by atoms with E-state index in [9.17, 15) is 0 Å². The molecule has 0 amide bonds. The Bertz CT molecular complexity index is 418. The molecule has 1 aromatic rings. The quantitative estimate of drug-likeness (QED) is 0.812. The van der Waals surface area contributed by atoms with Gasteiger partial charge in [0.1, 0.15) is 0 Å². The van der Waals surface area contributed by atoms with Crippen LogP contribution in [0.1, 0.15) is 20.3 Å². The number of rotatable bonds is 2. The summed E-state index contributed by atoms with van der Waals surface area (Å²) < 4.78 is 5.81. The molecule has 0 aromatic heterocycles. The lowest BCUT2D eigenvalue weighted by molar-refractivity contribution is -0.0949. The first-order valence-electron chi connectivity index (χ1n) is 7.32. The Balaban J connectivity index is 1.63. The van der Waals surface area contributed by atoms with E-state index in [1.807, 2.05) is 0 Å². The van der Waals surface area contributed by atoms with Crippen molar-refractivity contribution in [1.29, 1.82) is 0 Å². The Labute approximate surface area is 116 Å². The lowest BCUT2D eigenvalue weighted by Crippen LogP contribution is -2.52. The van der Waals surface area contributed by atoms with Gasteiger partial charge in [-0.1, -0.05) is 18.2 Å². The molecule has 3 nitrogen and oxygen atoms in total. The van der Waals surface area contributed by atoms with Gasteiger partial charge in [0.2, 0.25) is 0 Å². The molecule has 0 saturated carbocycles. The van der Waals surface area contributed by atoms with E-state index in [-0.39, 0.29) is 5.60 Å². The van der Waals surface area contributed by atoms with Crippen LogP contribution in [0.25, 0.3) is 0 Å². The molecule has 2 aliphatic rings. The fourth-order valence-electron chi connectivity index (χ4n) is 3.28. The van der Waals surface area contributed by atoms with Crippen molar-refractivity contribution < 1.29 is 4.74 Å². The molecule has 104 valence electrons. The van der Waals surface area contributed by atoms with Crippen molar-refractivity contribution in [3.05, 3.63) is 30.3 Å². The maximum Gasteiger partial charge on any atom is 0.0753 e. The molecule has 0 unspecified atom stereocenters. The molecule has 2 fully saturated rings. The number of anilines is 1. The third kappa shape index (κ3) is 2.93. The molecule has 3 rings (SSSR count). The van der Waals surface area contributed by atoms with E-state index in [4.69, 9.17) is 4.74 Å². The number of benzene rings is 1. The van der Waals surface area contributed by atoms with Crippen LogP contribution < -0.4 is 4.90 Å². The molecule has 2 aliphatic heterocycles. The van der Waals surface area contributed by atoms with Crippen molar-refractivity contribution in [3.8, 4) is 0 Å². The first kappa shape index (κ1) is 12.9. The highest BCUT2D eigenvalue weighted by Crippen LogP contribution is 2.26. The van der Waals surface area contributed by atoms with Gasteiger partial charge < -0.3 is 9.64 Å². The van der Waals surface area contributed by atoms with Crippen LogP contribution in [0.4, 0.5) is 5.69 Å². The number of nitrogens with zero attached hydrogens (tertiary/aromatic N) is 2. The van der Waals surface area contributed by atoms with E-state index >= 15 is 0 Å². The summed E-state index contributed by atoms with van der Waals surface area (Å²) in [6.45, 7) is 9.73. The average Bonchev–Trinajstić information content (AvgIpc) is 2.88. The van der Waals surface area contributed by atoms with Crippen molar-refractivity contribution in [3.63, 3.8) is 0 Å². The van der Waals surface area contributed by atoms with E-state index in [1.165, 1.54) is 18.7 Å². The van der Waals surface area contributed by atoms with Gasteiger partial charge in [0.15, 0.2) is 0 Å². The lowest BCUT2D eigenvalue weighted by Gasteiger charge is -2.41. The van der Waals surface area contributed by atoms with E-state index in [1.54, 1.807) is 0 Å². The monoisotopic (exact) mass is 260 g/mol. The summed E-state index contributed by atoms with van der Waals surface area (Å²) in [7, 11) is 0. The van der Waals surface area contributed by atoms with Crippen LogP contribution in [0.15, 0.2) is 30.3 Å². The van der Waals surface area contributed by atoms with Crippen molar-refractivity contribution >= 4 is 5.69 Å². The molecule has 0 aliphatic carbocycles. The summed E-state index contributed by atoms with van der Waals surface area (Å²) in [5, 5.41) is 0. The number of hydrogen-bond donors (Lipinski definition) is 0. The van der Waals surface area contributed by atoms with Crippen LogP contribution in [0.3, 0.4) is 0 Å². The average molecular weight is 260 g/mol. The number of para-hydroxylation sites is 1. The first-order chi connectivity index (χ1) is 9.14. The highest BCUT2D eigenvalue weighted by atomic mass is 16.5. The van der Waals surface area contributed by atoms with Crippen LogP contribution in [-0.2, 0) is 4.74 Å². The Hall–Kier alpha value is -1.06. The first-order valence-corrected chi connectivity index (χ1v) is 7.32.